The van der Waals surface area contributed by atoms with Crippen LogP contribution >= 0.6 is 0 Å². The van der Waals surface area contributed by atoms with Crippen LogP contribution in [0.4, 0.5) is 0 Å². The molecule has 0 aliphatic carbocycles. The van der Waals surface area contributed by atoms with E-state index in [1.165, 1.54) is 18.9 Å². The molecule has 0 radical (unpaired) electrons. The summed E-state index contributed by atoms with van der Waals surface area (Å²) < 4.78 is 32.5. The quantitative estimate of drug-likeness (QED) is 0.391. The number of hydrogen-bond donors (Lipinski definition) is 1. The zero-order chi connectivity index (χ0) is 22.8. The van der Waals surface area contributed by atoms with E-state index >= 15 is 0 Å². The summed E-state index contributed by atoms with van der Waals surface area (Å²) in [6.45, 7) is 0. The minimum atomic E-state index is -3.59. The van der Waals surface area contributed by atoms with Crippen molar-refractivity contribution in [2.75, 3.05) is 0 Å². The average molecular weight is 459 g/mol. The van der Waals surface area contributed by atoms with Crippen LogP contribution in [0.15, 0.2) is 83.2 Å². The molecular weight excluding hydrogens is 440 g/mol. The van der Waals surface area contributed by atoms with E-state index in [1.807, 2.05) is 12.3 Å². The van der Waals surface area contributed by atoms with Crippen LogP contribution in [0.2, 0.25) is 0 Å². The lowest BCUT2D eigenvalue weighted by Crippen LogP contribution is -2.12. The monoisotopic (exact) mass is 458 g/mol. The predicted octanol–water partition coefficient (Wildman–Crippen LogP) is 3.89. The minimum absolute atomic E-state index is 0.121. The molecule has 1 atom stereocenters. The molecule has 4 aromatic heterocycles. The second kappa shape index (κ2) is 8.37. The Morgan fingerprint density at radius 3 is 2.94 bits per heavy atom. The Labute approximate surface area is 189 Å². The number of nitriles is 1. The summed E-state index contributed by atoms with van der Waals surface area (Å²) in [6, 6.07) is 11.9. The van der Waals surface area contributed by atoms with Crippen molar-refractivity contribution >= 4 is 20.9 Å². The van der Waals surface area contributed by atoms with Crippen LogP contribution in [0.3, 0.4) is 0 Å². The molecule has 0 amide bonds. The normalized spacial score (nSPS) is 12.6. The molecule has 0 spiro atoms. The first-order valence-electron chi connectivity index (χ1n) is 10.1. The lowest BCUT2D eigenvalue weighted by Gasteiger charge is -2.16. The number of furan rings is 1. The summed E-state index contributed by atoms with van der Waals surface area (Å²) >= 11 is 0. The van der Waals surface area contributed by atoms with Crippen LogP contribution in [-0.2, 0) is 15.6 Å². The van der Waals surface area contributed by atoms with Gasteiger partial charge >= 0.3 is 0 Å². The van der Waals surface area contributed by atoms with Crippen LogP contribution in [0.5, 0.6) is 0 Å². The smallest absolute Gasteiger partial charge is 0.182 e. The van der Waals surface area contributed by atoms with E-state index in [0.717, 1.165) is 22.3 Å². The van der Waals surface area contributed by atoms with Gasteiger partial charge in [-0.05, 0) is 29.8 Å². The predicted molar refractivity (Wildman–Crippen MR) is 120 cm³/mol. The number of sulfone groups is 1. The zero-order valence-electron chi connectivity index (χ0n) is 17.3. The van der Waals surface area contributed by atoms with Crippen LogP contribution in [0.25, 0.3) is 22.3 Å². The molecule has 5 rings (SSSR count). The van der Waals surface area contributed by atoms with Gasteiger partial charge in [-0.2, -0.15) is 10.4 Å². The van der Waals surface area contributed by atoms with Gasteiger partial charge in [-0.1, -0.05) is 12.1 Å². The molecule has 1 aromatic carbocycles. The lowest BCUT2D eigenvalue weighted by atomic mass is 10.0. The second-order valence-corrected chi connectivity index (χ2v) is 9.50. The maximum Gasteiger partial charge on any atom is 0.182 e. The van der Waals surface area contributed by atoms with Gasteiger partial charge in [0.15, 0.2) is 9.84 Å². The van der Waals surface area contributed by atoms with E-state index in [-0.39, 0.29) is 17.1 Å². The molecule has 0 aliphatic rings. The van der Waals surface area contributed by atoms with Gasteiger partial charge in [-0.3, -0.25) is 4.68 Å². The van der Waals surface area contributed by atoms with Crippen LogP contribution in [0.1, 0.15) is 23.6 Å². The molecule has 0 saturated carbocycles. The maximum absolute atomic E-state index is 12.9. The van der Waals surface area contributed by atoms with Gasteiger partial charge in [0.2, 0.25) is 0 Å². The number of aromatic amines is 1. The van der Waals surface area contributed by atoms with Gasteiger partial charge in [-0.25, -0.2) is 18.4 Å². The fourth-order valence-electron chi connectivity index (χ4n) is 3.78. The Morgan fingerprint density at radius 1 is 1.21 bits per heavy atom. The average Bonchev–Trinajstić information content (AvgIpc) is 3.58. The molecular formula is C23H18N6O3S. The van der Waals surface area contributed by atoms with Gasteiger partial charge in [0.1, 0.15) is 12.0 Å². The first kappa shape index (κ1) is 20.7. The molecule has 0 aliphatic heterocycles. The summed E-state index contributed by atoms with van der Waals surface area (Å²) in [5.41, 5.74) is 3.46. The van der Waals surface area contributed by atoms with Crippen molar-refractivity contribution in [3.05, 3.63) is 85.0 Å². The van der Waals surface area contributed by atoms with E-state index in [9.17, 15) is 13.7 Å². The molecule has 1 unspecified atom stereocenters. The summed E-state index contributed by atoms with van der Waals surface area (Å²) in [4.78, 5) is 11.8. The Bertz CT molecular complexity index is 1560. The lowest BCUT2D eigenvalue weighted by molar-refractivity contribution is 0.531. The Kier molecular flexibility index (Phi) is 5.24. The first-order valence-corrected chi connectivity index (χ1v) is 11.7. The van der Waals surface area contributed by atoms with Crippen LogP contribution in [0, 0.1) is 11.3 Å². The van der Waals surface area contributed by atoms with Gasteiger partial charge in [-0.15, -0.1) is 0 Å². The molecule has 33 heavy (non-hydrogen) atoms. The zero-order valence-corrected chi connectivity index (χ0v) is 18.1. The topological polar surface area (TPSA) is 130 Å². The first-order chi connectivity index (χ1) is 16.0. The number of H-pyrrole nitrogens is 1. The van der Waals surface area contributed by atoms with E-state index < -0.39 is 15.9 Å². The summed E-state index contributed by atoms with van der Waals surface area (Å²) in [5, 5.41) is 14.8. The molecule has 1 N–H and O–H groups in total. The van der Waals surface area contributed by atoms with Crippen molar-refractivity contribution in [1.29, 1.82) is 5.26 Å². The van der Waals surface area contributed by atoms with Crippen molar-refractivity contribution in [1.82, 2.24) is 24.7 Å². The molecule has 9 nitrogen and oxygen atoms in total. The third-order valence-corrected chi connectivity index (χ3v) is 7.06. The number of fused-ring (bicyclic) bond motifs is 1. The standard InChI is InChI=1S/C23H18N6O3S/c24-7-4-21(17-2-1-3-19(10-17)33(30,31)14-16-6-9-32-13-16)29-12-18(11-28-29)22-20-5-8-25-23(20)27-15-26-22/h1-3,5-6,8-13,15,21H,4,14H2,(H,25,26,27). The van der Waals surface area contributed by atoms with Crippen molar-refractivity contribution in [3.8, 4) is 17.3 Å². The summed E-state index contributed by atoms with van der Waals surface area (Å²) in [5.74, 6) is -0.165. The number of aromatic nitrogens is 5. The number of nitrogens with zero attached hydrogens (tertiary/aromatic N) is 5. The Balaban J connectivity index is 1.50. The largest absolute Gasteiger partial charge is 0.472 e. The Hall–Kier alpha value is -4.23. The highest BCUT2D eigenvalue weighted by atomic mass is 32.2. The van der Waals surface area contributed by atoms with E-state index in [2.05, 4.69) is 26.1 Å². The summed E-state index contributed by atoms with van der Waals surface area (Å²) in [6.07, 6.45) is 9.74. The van der Waals surface area contributed by atoms with Crippen molar-refractivity contribution in [2.24, 2.45) is 0 Å². The molecule has 0 bridgehead atoms. The third-order valence-electron chi connectivity index (χ3n) is 5.37. The van der Waals surface area contributed by atoms with E-state index in [1.54, 1.807) is 47.4 Å². The number of hydrogen-bond acceptors (Lipinski definition) is 7. The third kappa shape index (κ3) is 4.02. The molecule has 164 valence electrons. The van der Waals surface area contributed by atoms with E-state index in [0.29, 0.717) is 11.1 Å². The second-order valence-electron chi connectivity index (χ2n) is 7.51. The van der Waals surface area contributed by atoms with Crippen molar-refractivity contribution < 1.29 is 12.8 Å². The number of nitrogens with one attached hydrogen (secondary N) is 1. The number of rotatable bonds is 7. The molecule has 4 heterocycles. The highest BCUT2D eigenvalue weighted by molar-refractivity contribution is 7.90. The minimum Gasteiger partial charge on any atom is -0.472 e. The molecule has 5 aromatic rings. The highest BCUT2D eigenvalue weighted by Crippen LogP contribution is 2.29. The van der Waals surface area contributed by atoms with Crippen molar-refractivity contribution in [3.63, 3.8) is 0 Å². The van der Waals surface area contributed by atoms with E-state index in [4.69, 9.17) is 4.42 Å². The molecule has 0 saturated heterocycles. The molecule has 0 fully saturated rings. The van der Waals surface area contributed by atoms with Crippen LogP contribution < -0.4 is 0 Å². The van der Waals surface area contributed by atoms with Crippen LogP contribution in [-0.4, -0.2) is 33.2 Å². The van der Waals surface area contributed by atoms with Gasteiger partial charge in [0.25, 0.3) is 0 Å². The van der Waals surface area contributed by atoms with Gasteiger partial charge in [0, 0.05) is 28.9 Å². The van der Waals surface area contributed by atoms with Gasteiger partial charge < -0.3 is 9.40 Å². The SMILES string of the molecule is N#CCC(c1cccc(S(=O)(=O)Cc2ccoc2)c1)n1cc(-c2ncnc3[nH]ccc23)cn1. The molecule has 10 heteroatoms. The highest BCUT2D eigenvalue weighted by Gasteiger charge is 2.21. The number of benzene rings is 1. The maximum atomic E-state index is 12.9. The Morgan fingerprint density at radius 2 is 2.12 bits per heavy atom. The fourth-order valence-corrected chi connectivity index (χ4v) is 5.15. The van der Waals surface area contributed by atoms with Crippen molar-refractivity contribution in [2.45, 2.75) is 23.1 Å². The summed E-state index contributed by atoms with van der Waals surface area (Å²) in [7, 11) is -3.59. The fraction of sp³-hybridized carbons (Fsp3) is 0.130. The van der Waals surface area contributed by atoms with Gasteiger partial charge in [0.05, 0.1) is 53.6 Å².